The SMILES string of the molecule is Cc1cccc(C)c1C(O)c1c(F)ccc(Br)c1F. The monoisotopic (exact) mass is 326 g/mol. The summed E-state index contributed by atoms with van der Waals surface area (Å²) < 4.78 is 28.0. The molecule has 0 aromatic heterocycles. The molecule has 19 heavy (non-hydrogen) atoms. The minimum absolute atomic E-state index is 0.134. The standard InChI is InChI=1S/C15H13BrF2O/c1-8-4-3-5-9(2)12(8)15(19)13-11(17)7-6-10(16)14(13)18/h3-7,15,19H,1-2H3. The second-order valence-corrected chi connectivity index (χ2v) is 5.32. The Labute approximate surface area is 119 Å². The highest BCUT2D eigenvalue weighted by Crippen LogP contribution is 2.33. The Morgan fingerprint density at radius 3 is 2.16 bits per heavy atom. The summed E-state index contributed by atoms with van der Waals surface area (Å²) >= 11 is 3.01. The van der Waals surface area contributed by atoms with E-state index in [1.807, 2.05) is 6.07 Å². The fourth-order valence-electron chi connectivity index (χ4n) is 2.20. The summed E-state index contributed by atoms with van der Waals surface area (Å²) in [4.78, 5) is 0. The summed E-state index contributed by atoms with van der Waals surface area (Å²) in [6.45, 7) is 3.61. The molecule has 0 spiro atoms. The van der Waals surface area contributed by atoms with Crippen molar-refractivity contribution in [1.29, 1.82) is 0 Å². The lowest BCUT2D eigenvalue weighted by Gasteiger charge is -2.18. The average molecular weight is 327 g/mol. The van der Waals surface area contributed by atoms with Gasteiger partial charge in [0.05, 0.1) is 10.0 Å². The van der Waals surface area contributed by atoms with Gasteiger partial charge in [0.2, 0.25) is 0 Å². The third kappa shape index (κ3) is 2.55. The summed E-state index contributed by atoms with van der Waals surface area (Å²) in [5, 5.41) is 10.3. The van der Waals surface area contributed by atoms with Crippen LogP contribution in [-0.4, -0.2) is 5.11 Å². The van der Waals surface area contributed by atoms with E-state index in [0.717, 1.165) is 17.2 Å². The molecule has 1 atom stereocenters. The highest BCUT2D eigenvalue weighted by atomic mass is 79.9. The van der Waals surface area contributed by atoms with Crippen molar-refractivity contribution in [3.63, 3.8) is 0 Å². The first-order valence-electron chi connectivity index (χ1n) is 5.81. The van der Waals surface area contributed by atoms with Crippen molar-refractivity contribution in [2.45, 2.75) is 20.0 Å². The van der Waals surface area contributed by atoms with Gasteiger partial charge in [-0.1, -0.05) is 18.2 Å². The molecular formula is C15H13BrF2O. The zero-order valence-electron chi connectivity index (χ0n) is 10.5. The van der Waals surface area contributed by atoms with Gasteiger partial charge in [-0.05, 0) is 58.6 Å². The largest absolute Gasteiger partial charge is 0.383 e. The highest BCUT2D eigenvalue weighted by molar-refractivity contribution is 9.10. The van der Waals surface area contributed by atoms with E-state index in [2.05, 4.69) is 15.9 Å². The molecule has 0 heterocycles. The minimum atomic E-state index is -1.32. The maximum atomic E-state index is 14.0. The van der Waals surface area contributed by atoms with E-state index in [4.69, 9.17) is 0 Å². The van der Waals surface area contributed by atoms with Crippen LogP contribution in [0, 0.1) is 25.5 Å². The summed E-state index contributed by atoms with van der Waals surface area (Å²) in [7, 11) is 0. The van der Waals surface area contributed by atoms with Crippen LogP contribution in [0.2, 0.25) is 0 Å². The third-order valence-electron chi connectivity index (χ3n) is 3.17. The number of aliphatic hydroxyl groups excluding tert-OH is 1. The highest BCUT2D eigenvalue weighted by Gasteiger charge is 2.23. The van der Waals surface area contributed by atoms with Crippen LogP contribution in [0.15, 0.2) is 34.8 Å². The predicted molar refractivity (Wildman–Crippen MR) is 74.0 cm³/mol. The van der Waals surface area contributed by atoms with Gasteiger partial charge in [0.25, 0.3) is 0 Å². The van der Waals surface area contributed by atoms with Gasteiger partial charge in [-0.15, -0.1) is 0 Å². The summed E-state index contributed by atoms with van der Waals surface area (Å²) in [5.41, 5.74) is 1.81. The molecule has 1 nitrogen and oxygen atoms in total. The fraction of sp³-hybridized carbons (Fsp3) is 0.200. The van der Waals surface area contributed by atoms with Crippen LogP contribution in [-0.2, 0) is 0 Å². The Kier molecular flexibility index (Phi) is 4.02. The van der Waals surface area contributed by atoms with Crippen LogP contribution in [0.5, 0.6) is 0 Å². The van der Waals surface area contributed by atoms with Gasteiger partial charge in [-0.2, -0.15) is 0 Å². The normalized spacial score (nSPS) is 12.5. The van der Waals surface area contributed by atoms with Gasteiger partial charge in [-0.25, -0.2) is 8.78 Å². The first kappa shape index (κ1) is 14.2. The predicted octanol–water partition coefficient (Wildman–Crippen LogP) is 4.43. The van der Waals surface area contributed by atoms with E-state index in [1.54, 1.807) is 26.0 Å². The Balaban J connectivity index is 2.63. The molecule has 0 radical (unpaired) electrons. The lowest BCUT2D eigenvalue weighted by Crippen LogP contribution is -2.09. The first-order valence-corrected chi connectivity index (χ1v) is 6.60. The second-order valence-electron chi connectivity index (χ2n) is 4.46. The molecule has 2 rings (SSSR count). The fourth-order valence-corrected chi connectivity index (χ4v) is 2.54. The van der Waals surface area contributed by atoms with Gasteiger partial charge in [0.1, 0.15) is 17.7 Å². The van der Waals surface area contributed by atoms with Crippen molar-refractivity contribution in [1.82, 2.24) is 0 Å². The summed E-state index contributed by atoms with van der Waals surface area (Å²) in [6.07, 6.45) is -1.32. The molecule has 0 bridgehead atoms. The Morgan fingerprint density at radius 1 is 1.00 bits per heavy atom. The van der Waals surface area contributed by atoms with Gasteiger partial charge in [0, 0.05) is 0 Å². The molecule has 0 fully saturated rings. The number of rotatable bonds is 2. The molecule has 0 aliphatic heterocycles. The van der Waals surface area contributed by atoms with Crippen molar-refractivity contribution in [2.24, 2.45) is 0 Å². The number of aryl methyl sites for hydroxylation is 2. The number of hydrogen-bond donors (Lipinski definition) is 1. The number of halogens is 3. The first-order chi connectivity index (χ1) is 8.93. The number of aliphatic hydroxyl groups is 1. The molecular weight excluding hydrogens is 314 g/mol. The van der Waals surface area contributed by atoms with E-state index in [1.165, 1.54) is 6.07 Å². The van der Waals surface area contributed by atoms with Gasteiger partial charge in [-0.3, -0.25) is 0 Å². The molecule has 2 aromatic rings. The minimum Gasteiger partial charge on any atom is -0.383 e. The van der Waals surface area contributed by atoms with Crippen molar-refractivity contribution < 1.29 is 13.9 Å². The molecule has 0 saturated carbocycles. The average Bonchev–Trinajstić information content (AvgIpc) is 2.34. The molecule has 0 aliphatic carbocycles. The van der Waals surface area contributed by atoms with E-state index in [-0.39, 0.29) is 10.0 Å². The zero-order valence-corrected chi connectivity index (χ0v) is 12.1. The third-order valence-corrected chi connectivity index (χ3v) is 3.78. The number of hydrogen-bond acceptors (Lipinski definition) is 1. The quantitative estimate of drug-likeness (QED) is 0.809. The molecule has 1 N–H and O–H groups in total. The maximum Gasteiger partial charge on any atom is 0.146 e. The Hall–Kier alpha value is -1.26. The smallest absolute Gasteiger partial charge is 0.146 e. The van der Waals surface area contributed by atoms with E-state index in [0.29, 0.717) is 5.56 Å². The van der Waals surface area contributed by atoms with Crippen molar-refractivity contribution in [2.75, 3.05) is 0 Å². The van der Waals surface area contributed by atoms with Crippen molar-refractivity contribution >= 4 is 15.9 Å². The van der Waals surface area contributed by atoms with Gasteiger partial charge >= 0.3 is 0 Å². The molecule has 4 heteroatoms. The maximum absolute atomic E-state index is 14.0. The van der Waals surface area contributed by atoms with Crippen LogP contribution < -0.4 is 0 Å². The van der Waals surface area contributed by atoms with E-state index in [9.17, 15) is 13.9 Å². The molecule has 2 aromatic carbocycles. The molecule has 100 valence electrons. The van der Waals surface area contributed by atoms with E-state index >= 15 is 0 Å². The van der Waals surface area contributed by atoms with Crippen LogP contribution in [0.3, 0.4) is 0 Å². The van der Waals surface area contributed by atoms with Crippen LogP contribution in [0.4, 0.5) is 8.78 Å². The van der Waals surface area contributed by atoms with E-state index < -0.39 is 17.7 Å². The zero-order chi connectivity index (χ0) is 14.2. The van der Waals surface area contributed by atoms with Crippen molar-refractivity contribution in [3.8, 4) is 0 Å². The molecule has 0 aliphatic rings. The van der Waals surface area contributed by atoms with Crippen LogP contribution in [0.25, 0.3) is 0 Å². The summed E-state index contributed by atoms with van der Waals surface area (Å²) in [5.74, 6) is -1.52. The van der Waals surface area contributed by atoms with Gasteiger partial charge < -0.3 is 5.11 Å². The summed E-state index contributed by atoms with van der Waals surface area (Å²) in [6, 6.07) is 7.87. The van der Waals surface area contributed by atoms with Crippen molar-refractivity contribution in [3.05, 3.63) is 68.7 Å². The molecule has 0 amide bonds. The second kappa shape index (κ2) is 5.39. The van der Waals surface area contributed by atoms with Gasteiger partial charge in [0.15, 0.2) is 0 Å². The van der Waals surface area contributed by atoms with Crippen LogP contribution in [0.1, 0.15) is 28.4 Å². The lowest BCUT2D eigenvalue weighted by molar-refractivity contribution is 0.207. The molecule has 1 unspecified atom stereocenters. The Bertz CT molecular complexity index is 606. The lowest BCUT2D eigenvalue weighted by atomic mass is 9.93. The molecule has 0 saturated heterocycles. The Morgan fingerprint density at radius 2 is 1.58 bits per heavy atom. The topological polar surface area (TPSA) is 20.2 Å². The van der Waals surface area contributed by atoms with Crippen LogP contribution >= 0.6 is 15.9 Å². The number of benzene rings is 2.